The van der Waals surface area contributed by atoms with Gasteiger partial charge in [0.25, 0.3) is 0 Å². The Morgan fingerprint density at radius 2 is 2.06 bits per heavy atom. The van der Waals surface area contributed by atoms with Crippen molar-refractivity contribution in [2.75, 3.05) is 5.32 Å². The summed E-state index contributed by atoms with van der Waals surface area (Å²) in [6.07, 6.45) is 3.30. The van der Waals surface area contributed by atoms with Crippen molar-refractivity contribution in [2.24, 2.45) is 0 Å². The molecule has 3 aromatic rings. The predicted molar refractivity (Wildman–Crippen MR) is 71.5 cm³/mol. The van der Waals surface area contributed by atoms with Crippen LogP contribution in [0.5, 0.6) is 0 Å². The van der Waals surface area contributed by atoms with Crippen LogP contribution in [0.2, 0.25) is 0 Å². The summed E-state index contributed by atoms with van der Waals surface area (Å²) >= 11 is 1.65. The molecule has 0 saturated carbocycles. The second-order valence-electron chi connectivity index (χ2n) is 3.81. The van der Waals surface area contributed by atoms with E-state index in [1.54, 1.807) is 23.7 Å². The first kappa shape index (κ1) is 11.0. The second-order valence-corrected chi connectivity index (χ2v) is 4.87. The largest absolute Gasteiger partial charge is 0.364 e. The molecule has 18 heavy (non-hydrogen) atoms. The molecule has 0 spiro atoms. The van der Waals surface area contributed by atoms with Crippen LogP contribution in [0.25, 0.3) is 11.2 Å². The molecule has 0 radical (unpaired) electrons. The molecule has 0 aliphatic rings. The zero-order valence-electron chi connectivity index (χ0n) is 9.79. The van der Waals surface area contributed by atoms with Crippen molar-refractivity contribution in [3.63, 3.8) is 0 Å². The number of aryl methyl sites for hydroxylation is 1. The lowest BCUT2D eigenvalue weighted by Crippen LogP contribution is -2.02. The highest BCUT2D eigenvalue weighted by Gasteiger charge is 2.01. The molecule has 0 aliphatic carbocycles. The summed E-state index contributed by atoms with van der Waals surface area (Å²) in [6.45, 7) is 2.67. The Bertz CT molecular complexity index is 679. The van der Waals surface area contributed by atoms with Crippen LogP contribution in [0, 0.1) is 6.92 Å². The number of pyridine rings is 1. The first-order valence-corrected chi connectivity index (χ1v) is 6.42. The Labute approximate surface area is 108 Å². The molecule has 5 nitrogen and oxygen atoms in total. The van der Waals surface area contributed by atoms with E-state index in [2.05, 4.69) is 25.3 Å². The number of rotatable bonds is 3. The number of aromatic nitrogens is 4. The summed E-state index contributed by atoms with van der Waals surface area (Å²) < 4.78 is 0. The first-order chi connectivity index (χ1) is 8.81. The fourth-order valence-electron chi connectivity index (χ4n) is 1.62. The number of hydrogen-bond acceptors (Lipinski definition) is 6. The number of fused-ring (bicyclic) bond motifs is 1. The quantitative estimate of drug-likeness (QED) is 0.780. The molecule has 3 heterocycles. The summed E-state index contributed by atoms with van der Waals surface area (Å²) in [6, 6.07) is 3.81. The van der Waals surface area contributed by atoms with E-state index < -0.39 is 0 Å². The highest BCUT2D eigenvalue weighted by molar-refractivity contribution is 7.09. The van der Waals surface area contributed by atoms with Gasteiger partial charge in [0.1, 0.15) is 11.3 Å². The zero-order valence-corrected chi connectivity index (χ0v) is 10.6. The molecule has 0 amide bonds. The van der Waals surface area contributed by atoms with E-state index in [4.69, 9.17) is 0 Å². The molecular weight excluding hydrogens is 246 g/mol. The van der Waals surface area contributed by atoms with E-state index in [1.165, 1.54) is 0 Å². The maximum absolute atomic E-state index is 4.39. The minimum absolute atomic E-state index is 0.650. The molecule has 6 heteroatoms. The van der Waals surface area contributed by atoms with E-state index in [1.807, 2.05) is 24.4 Å². The summed E-state index contributed by atoms with van der Waals surface area (Å²) in [5.41, 5.74) is 2.48. The van der Waals surface area contributed by atoms with Gasteiger partial charge in [-0.2, -0.15) is 0 Å². The molecule has 0 unspecified atom stereocenters. The van der Waals surface area contributed by atoms with Crippen LogP contribution in [0.3, 0.4) is 0 Å². The van der Waals surface area contributed by atoms with Gasteiger partial charge < -0.3 is 5.32 Å². The SMILES string of the molecule is Cc1nc(CNc2ccc3nccnc3n2)cs1. The molecule has 1 N–H and O–H groups in total. The third kappa shape index (κ3) is 2.28. The smallest absolute Gasteiger partial charge is 0.180 e. The highest BCUT2D eigenvalue weighted by Crippen LogP contribution is 2.12. The maximum Gasteiger partial charge on any atom is 0.180 e. The minimum atomic E-state index is 0.650. The number of nitrogens with zero attached hydrogens (tertiary/aromatic N) is 4. The number of hydrogen-bond donors (Lipinski definition) is 1. The van der Waals surface area contributed by atoms with E-state index in [-0.39, 0.29) is 0 Å². The molecule has 3 aromatic heterocycles. The Morgan fingerprint density at radius 1 is 1.17 bits per heavy atom. The van der Waals surface area contributed by atoms with Crippen molar-refractivity contribution in [1.82, 2.24) is 19.9 Å². The summed E-state index contributed by atoms with van der Waals surface area (Å²) in [4.78, 5) is 17.1. The second kappa shape index (κ2) is 4.66. The lowest BCUT2D eigenvalue weighted by Gasteiger charge is -2.03. The molecule has 90 valence electrons. The van der Waals surface area contributed by atoms with Gasteiger partial charge in [0.15, 0.2) is 5.65 Å². The van der Waals surface area contributed by atoms with Crippen molar-refractivity contribution >= 4 is 28.3 Å². The Hall–Kier alpha value is -2.08. The van der Waals surface area contributed by atoms with Gasteiger partial charge in [-0.15, -0.1) is 11.3 Å². The average molecular weight is 257 g/mol. The van der Waals surface area contributed by atoms with Crippen LogP contribution in [0.1, 0.15) is 10.7 Å². The van der Waals surface area contributed by atoms with Crippen LogP contribution in [0.4, 0.5) is 5.82 Å². The topological polar surface area (TPSA) is 63.6 Å². The molecule has 0 aromatic carbocycles. The summed E-state index contributed by atoms with van der Waals surface area (Å²) in [7, 11) is 0. The van der Waals surface area contributed by atoms with Crippen molar-refractivity contribution in [1.29, 1.82) is 0 Å². The minimum Gasteiger partial charge on any atom is -0.364 e. The number of nitrogens with one attached hydrogen (secondary N) is 1. The summed E-state index contributed by atoms with van der Waals surface area (Å²) in [5.74, 6) is 0.786. The van der Waals surface area contributed by atoms with Gasteiger partial charge in [-0.3, -0.25) is 4.98 Å². The first-order valence-electron chi connectivity index (χ1n) is 5.54. The van der Waals surface area contributed by atoms with Gasteiger partial charge >= 0.3 is 0 Å². The normalized spacial score (nSPS) is 10.7. The molecular formula is C12H11N5S. The Morgan fingerprint density at radius 3 is 2.89 bits per heavy atom. The van der Waals surface area contributed by atoms with Gasteiger partial charge in [0.2, 0.25) is 0 Å². The lowest BCUT2D eigenvalue weighted by atomic mass is 10.4. The van der Waals surface area contributed by atoms with Crippen LogP contribution in [0.15, 0.2) is 29.9 Å². The van der Waals surface area contributed by atoms with Crippen LogP contribution in [-0.4, -0.2) is 19.9 Å². The zero-order chi connectivity index (χ0) is 12.4. The van der Waals surface area contributed by atoms with E-state index in [9.17, 15) is 0 Å². The maximum atomic E-state index is 4.39. The molecule has 0 fully saturated rings. The number of anilines is 1. The molecule has 0 bridgehead atoms. The third-order valence-corrected chi connectivity index (χ3v) is 3.27. The summed E-state index contributed by atoms with van der Waals surface area (Å²) in [5, 5.41) is 6.35. The highest BCUT2D eigenvalue weighted by atomic mass is 32.1. The van der Waals surface area contributed by atoms with Crippen molar-refractivity contribution in [2.45, 2.75) is 13.5 Å². The fraction of sp³-hybridized carbons (Fsp3) is 0.167. The standard InChI is InChI=1S/C12H11N5S/c1-8-16-9(7-18-8)6-15-11-3-2-10-12(17-11)14-5-4-13-10/h2-5,7H,6H2,1H3,(H,14,15,17). The lowest BCUT2D eigenvalue weighted by molar-refractivity contribution is 1.04. The molecule has 0 atom stereocenters. The molecule has 0 saturated heterocycles. The Kier molecular flexibility index (Phi) is 2.85. The van der Waals surface area contributed by atoms with Crippen molar-refractivity contribution < 1.29 is 0 Å². The third-order valence-electron chi connectivity index (χ3n) is 2.45. The molecule has 3 rings (SSSR count). The Balaban J connectivity index is 1.78. The fourth-order valence-corrected chi connectivity index (χ4v) is 2.24. The van der Waals surface area contributed by atoms with E-state index >= 15 is 0 Å². The van der Waals surface area contributed by atoms with Gasteiger partial charge in [-0.25, -0.2) is 15.0 Å². The van der Waals surface area contributed by atoms with Gasteiger partial charge in [0, 0.05) is 17.8 Å². The number of thiazole rings is 1. The molecule has 0 aliphatic heterocycles. The average Bonchev–Trinajstić information content (AvgIpc) is 2.82. The van der Waals surface area contributed by atoms with E-state index in [0.29, 0.717) is 12.2 Å². The van der Waals surface area contributed by atoms with Crippen LogP contribution in [-0.2, 0) is 6.54 Å². The van der Waals surface area contributed by atoms with Gasteiger partial charge in [0.05, 0.1) is 17.2 Å². The van der Waals surface area contributed by atoms with Gasteiger partial charge in [-0.1, -0.05) is 0 Å². The van der Waals surface area contributed by atoms with Crippen LogP contribution >= 0.6 is 11.3 Å². The van der Waals surface area contributed by atoms with Gasteiger partial charge in [-0.05, 0) is 19.1 Å². The van der Waals surface area contributed by atoms with Crippen molar-refractivity contribution in [3.05, 3.63) is 40.6 Å². The van der Waals surface area contributed by atoms with E-state index in [0.717, 1.165) is 22.0 Å². The predicted octanol–water partition coefficient (Wildman–Crippen LogP) is 2.40. The van der Waals surface area contributed by atoms with Crippen molar-refractivity contribution in [3.8, 4) is 0 Å². The van der Waals surface area contributed by atoms with Crippen LogP contribution < -0.4 is 5.32 Å². The monoisotopic (exact) mass is 257 g/mol.